The number of nitrogens with zero attached hydrogens (tertiary/aromatic N) is 2. The van der Waals surface area contributed by atoms with Crippen molar-refractivity contribution in [3.05, 3.63) is 22.8 Å². The van der Waals surface area contributed by atoms with Gasteiger partial charge >= 0.3 is 0 Å². The average Bonchev–Trinajstić information content (AvgIpc) is 2.36. The van der Waals surface area contributed by atoms with Gasteiger partial charge in [-0.1, -0.05) is 11.6 Å². The van der Waals surface area contributed by atoms with Gasteiger partial charge in [0.2, 0.25) is 0 Å². The summed E-state index contributed by atoms with van der Waals surface area (Å²) in [5.74, 6) is 0.537. The molecule has 1 N–H and O–H groups in total. The molecule has 2 rings (SSSR count). The number of nitrogens with one attached hydrogen (secondary N) is 1. The number of carbonyl (C=O) groups excluding carboxylic acids is 1. The zero-order valence-electron chi connectivity index (χ0n) is 12.2. The molecule has 0 bridgehead atoms. The molecule has 0 saturated carbocycles. The maximum Gasteiger partial charge on any atom is 0.255 e. The van der Waals surface area contributed by atoms with Gasteiger partial charge in [0.05, 0.1) is 22.3 Å². The Kier molecular flexibility index (Phi) is 4.20. The van der Waals surface area contributed by atoms with E-state index in [9.17, 15) is 4.79 Å². The molecule has 1 aromatic rings. The molecular weight excluding hydrogens is 278 g/mol. The number of carbonyl (C=O) groups is 1. The lowest BCUT2D eigenvalue weighted by Gasteiger charge is -2.41. The lowest BCUT2D eigenvalue weighted by molar-refractivity contribution is -0.118. The first-order valence-corrected chi connectivity index (χ1v) is 7.00. The molecule has 0 aromatic carbocycles. The standard InChI is InChI=1S/C14H20ClN3O2/c1-9-7-18(8-14(2,3)20-9)13(19)10-5-12(16-4)17-6-11(10)15/h5-6,9H,7-8H2,1-4H3,(H,16,17). The maximum absolute atomic E-state index is 12.7. The highest BCUT2D eigenvalue weighted by atomic mass is 35.5. The molecule has 1 atom stereocenters. The predicted octanol–water partition coefficient (Wildman–Crippen LogP) is 2.42. The van der Waals surface area contributed by atoms with Crippen LogP contribution in [0.1, 0.15) is 31.1 Å². The monoisotopic (exact) mass is 297 g/mol. The number of rotatable bonds is 2. The number of hydrogen-bond acceptors (Lipinski definition) is 4. The number of morpholine rings is 1. The molecule has 0 radical (unpaired) electrons. The van der Waals surface area contributed by atoms with Gasteiger partial charge in [0.25, 0.3) is 5.91 Å². The minimum absolute atomic E-state index is 0.00656. The van der Waals surface area contributed by atoms with Gasteiger partial charge in [0.1, 0.15) is 5.82 Å². The summed E-state index contributed by atoms with van der Waals surface area (Å²) < 4.78 is 5.81. The molecule has 2 heterocycles. The fraction of sp³-hybridized carbons (Fsp3) is 0.571. The summed E-state index contributed by atoms with van der Waals surface area (Å²) in [4.78, 5) is 18.5. The van der Waals surface area contributed by atoms with Crippen LogP contribution >= 0.6 is 11.6 Å². The van der Waals surface area contributed by atoms with Crippen molar-refractivity contribution in [2.24, 2.45) is 0 Å². The molecule has 1 amide bonds. The van der Waals surface area contributed by atoms with Crippen LogP contribution in [0.3, 0.4) is 0 Å². The summed E-state index contributed by atoms with van der Waals surface area (Å²) in [6.07, 6.45) is 1.50. The summed E-state index contributed by atoms with van der Waals surface area (Å²) in [7, 11) is 1.75. The smallest absolute Gasteiger partial charge is 0.255 e. The summed E-state index contributed by atoms with van der Waals surface area (Å²) >= 11 is 6.11. The van der Waals surface area contributed by atoms with Crippen molar-refractivity contribution in [2.45, 2.75) is 32.5 Å². The molecule has 1 saturated heterocycles. The lowest BCUT2D eigenvalue weighted by atomic mass is 10.0. The van der Waals surface area contributed by atoms with E-state index in [1.807, 2.05) is 20.8 Å². The Balaban J connectivity index is 2.27. The number of anilines is 1. The van der Waals surface area contributed by atoms with Gasteiger partial charge in [0, 0.05) is 26.3 Å². The molecule has 6 heteroatoms. The van der Waals surface area contributed by atoms with Crippen molar-refractivity contribution in [3.63, 3.8) is 0 Å². The normalized spacial score (nSPS) is 21.6. The highest BCUT2D eigenvalue weighted by molar-refractivity contribution is 6.33. The zero-order chi connectivity index (χ0) is 14.9. The van der Waals surface area contributed by atoms with E-state index in [0.29, 0.717) is 29.5 Å². The number of ether oxygens (including phenoxy) is 1. The van der Waals surface area contributed by atoms with Crippen LogP contribution in [-0.2, 0) is 4.74 Å². The molecule has 0 spiro atoms. The van der Waals surface area contributed by atoms with Crippen LogP contribution in [0.25, 0.3) is 0 Å². The van der Waals surface area contributed by atoms with Crippen LogP contribution in [0.15, 0.2) is 12.3 Å². The van der Waals surface area contributed by atoms with Crippen LogP contribution in [0, 0.1) is 0 Å². The Morgan fingerprint density at radius 2 is 2.30 bits per heavy atom. The summed E-state index contributed by atoms with van der Waals surface area (Å²) in [5.41, 5.74) is 0.120. The molecule has 0 aliphatic carbocycles. The Morgan fingerprint density at radius 3 is 2.90 bits per heavy atom. The van der Waals surface area contributed by atoms with E-state index in [4.69, 9.17) is 16.3 Å². The summed E-state index contributed by atoms with van der Waals surface area (Å²) in [6, 6.07) is 1.68. The number of hydrogen-bond donors (Lipinski definition) is 1. The van der Waals surface area contributed by atoms with E-state index in [2.05, 4.69) is 10.3 Å². The molecule has 5 nitrogen and oxygen atoms in total. The molecule has 20 heavy (non-hydrogen) atoms. The molecule has 1 fully saturated rings. The van der Waals surface area contributed by atoms with E-state index in [0.717, 1.165) is 0 Å². The molecule has 1 aliphatic heterocycles. The second-order valence-electron chi connectivity index (χ2n) is 5.67. The van der Waals surface area contributed by atoms with Crippen molar-refractivity contribution >= 4 is 23.3 Å². The van der Waals surface area contributed by atoms with Crippen molar-refractivity contribution in [1.29, 1.82) is 0 Å². The van der Waals surface area contributed by atoms with E-state index in [1.165, 1.54) is 6.20 Å². The fourth-order valence-corrected chi connectivity index (χ4v) is 2.70. The minimum Gasteiger partial charge on any atom is -0.373 e. The highest BCUT2D eigenvalue weighted by Gasteiger charge is 2.34. The SMILES string of the molecule is CNc1cc(C(=O)N2CC(C)OC(C)(C)C2)c(Cl)cn1. The molecule has 1 aromatic heterocycles. The Labute approximate surface area is 124 Å². The first-order valence-electron chi connectivity index (χ1n) is 6.63. The zero-order valence-corrected chi connectivity index (χ0v) is 13.0. The first-order chi connectivity index (χ1) is 9.32. The lowest BCUT2D eigenvalue weighted by Crippen LogP contribution is -2.53. The van der Waals surface area contributed by atoms with Crippen molar-refractivity contribution < 1.29 is 9.53 Å². The van der Waals surface area contributed by atoms with Gasteiger partial charge in [0.15, 0.2) is 0 Å². The Morgan fingerprint density at radius 1 is 1.60 bits per heavy atom. The third kappa shape index (κ3) is 3.22. The number of pyridine rings is 1. The van der Waals surface area contributed by atoms with E-state index >= 15 is 0 Å². The number of halogens is 1. The highest BCUT2D eigenvalue weighted by Crippen LogP contribution is 2.25. The molecule has 1 unspecified atom stereocenters. The van der Waals surface area contributed by atoms with E-state index < -0.39 is 0 Å². The predicted molar refractivity (Wildman–Crippen MR) is 79.3 cm³/mol. The van der Waals surface area contributed by atoms with Crippen LogP contribution in [-0.4, -0.2) is 47.6 Å². The fourth-order valence-electron chi connectivity index (χ4n) is 2.52. The Bertz CT molecular complexity index is 519. The average molecular weight is 298 g/mol. The molecule has 1 aliphatic rings. The second kappa shape index (κ2) is 5.58. The maximum atomic E-state index is 12.7. The van der Waals surface area contributed by atoms with Gasteiger partial charge in [-0.05, 0) is 26.8 Å². The van der Waals surface area contributed by atoms with Crippen molar-refractivity contribution in [2.75, 3.05) is 25.5 Å². The third-order valence-electron chi connectivity index (χ3n) is 3.20. The minimum atomic E-state index is -0.349. The first kappa shape index (κ1) is 15.1. The van der Waals surface area contributed by atoms with Crippen LogP contribution < -0.4 is 5.32 Å². The van der Waals surface area contributed by atoms with Gasteiger partial charge in [-0.25, -0.2) is 4.98 Å². The quantitative estimate of drug-likeness (QED) is 0.911. The van der Waals surface area contributed by atoms with E-state index in [-0.39, 0.29) is 17.6 Å². The van der Waals surface area contributed by atoms with Gasteiger partial charge in [-0.3, -0.25) is 4.79 Å². The molecule has 110 valence electrons. The van der Waals surface area contributed by atoms with Gasteiger partial charge < -0.3 is 15.0 Å². The number of aromatic nitrogens is 1. The largest absolute Gasteiger partial charge is 0.373 e. The van der Waals surface area contributed by atoms with Gasteiger partial charge in [-0.15, -0.1) is 0 Å². The number of amides is 1. The van der Waals surface area contributed by atoms with Crippen LogP contribution in [0.2, 0.25) is 5.02 Å². The van der Waals surface area contributed by atoms with Gasteiger partial charge in [-0.2, -0.15) is 0 Å². The summed E-state index contributed by atoms with van der Waals surface area (Å²) in [6.45, 7) is 7.04. The molecular formula is C14H20ClN3O2. The topological polar surface area (TPSA) is 54.5 Å². The Hall–Kier alpha value is -1.33. The summed E-state index contributed by atoms with van der Waals surface area (Å²) in [5, 5.41) is 3.28. The van der Waals surface area contributed by atoms with Crippen LogP contribution in [0.4, 0.5) is 5.82 Å². The second-order valence-corrected chi connectivity index (χ2v) is 6.08. The van der Waals surface area contributed by atoms with Crippen LogP contribution in [0.5, 0.6) is 0 Å². The van der Waals surface area contributed by atoms with Crippen molar-refractivity contribution in [3.8, 4) is 0 Å². The van der Waals surface area contributed by atoms with E-state index in [1.54, 1.807) is 18.0 Å². The third-order valence-corrected chi connectivity index (χ3v) is 3.50. The van der Waals surface area contributed by atoms with Crippen molar-refractivity contribution in [1.82, 2.24) is 9.88 Å².